The average Bonchev–Trinajstić information content (AvgIpc) is 3.43. The summed E-state index contributed by atoms with van der Waals surface area (Å²) in [5, 5.41) is 16.0. The van der Waals surface area contributed by atoms with E-state index in [-0.39, 0.29) is 41.7 Å². The van der Waals surface area contributed by atoms with Gasteiger partial charge in [-0.25, -0.2) is 0 Å². The molecule has 1 saturated carbocycles. The number of nitro groups is 1. The smallest absolute Gasteiger partial charge is 0.270 e. The lowest BCUT2D eigenvalue weighted by molar-refractivity contribution is -0.384. The standard InChI is InChI=1S/C16H16N4O6/c21-13(17-5-6-18-14(22)9-1-2-9)8-19-15(23)11-4-3-10(20(25)26)7-12(11)16(19)24/h3-4,7,9H,1-2,5-6,8H2,(H,17,21)(H,18,22). The number of nitrogens with zero attached hydrogens (tertiary/aromatic N) is 2. The SMILES string of the molecule is O=C(CN1C(=O)c2ccc([N+](=O)[O-])cc2C1=O)NCCNC(=O)C1CC1. The van der Waals surface area contributed by atoms with E-state index in [0.29, 0.717) is 0 Å². The summed E-state index contributed by atoms with van der Waals surface area (Å²) in [6, 6.07) is 3.37. The van der Waals surface area contributed by atoms with Crippen LogP contribution in [0.15, 0.2) is 18.2 Å². The summed E-state index contributed by atoms with van der Waals surface area (Å²) in [6.07, 6.45) is 1.77. The number of carbonyl (C=O) groups excluding carboxylic acids is 4. The molecule has 1 fully saturated rings. The molecule has 10 nitrogen and oxygen atoms in total. The predicted octanol–water partition coefficient (Wildman–Crippen LogP) is -0.167. The third-order valence-electron chi connectivity index (χ3n) is 4.16. The number of benzene rings is 1. The third-order valence-corrected chi connectivity index (χ3v) is 4.16. The maximum Gasteiger partial charge on any atom is 0.270 e. The Morgan fingerprint density at radius 2 is 1.77 bits per heavy atom. The van der Waals surface area contributed by atoms with Gasteiger partial charge in [0, 0.05) is 31.1 Å². The number of nitro benzene ring substituents is 1. The van der Waals surface area contributed by atoms with Crippen molar-refractivity contribution in [3.63, 3.8) is 0 Å². The number of amides is 4. The van der Waals surface area contributed by atoms with Gasteiger partial charge in [-0.2, -0.15) is 0 Å². The van der Waals surface area contributed by atoms with Crippen LogP contribution < -0.4 is 10.6 Å². The molecule has 2 N–H and O–H groups in total. The lowest BCUT2D eigenvalue weighted by atomic mass is 10.1. The fourth-order valence-electron chi connectivity index (χ4n) is 2.61. The van der Waals surface area contributed by atoms with Gasteiger partial charge in [-0.3, -0.25) is 34.2 Å². The Balaban J connectivity index is 1.53. The Morgan fingerprint density at radius 1 is 1.12 bits per heavy atom. The Morgan fingerprint density at radius 3 is 2.42 bits per heavy atom. The number of imide groups is 1. The molecule has 1 heterocycles. The average molecular weight is 360 g/mol. The fraction of sp³-hybridized carbons (Fsp3) is 0.375. The fourth-order valence-corrected chi connectivity index (χ4v) is 2.61. The highest BCUT2D eigenvalue weighted by Gasteiger charge is 2.37. The van der Waals surface area contributed by atoms with Crippen molar-refractivity contribution in [1.82, 2.24) is 15.5 Å². The van der Waals surface area contributed by atoms with Gasteiger partial charge in [0.05, 0.1) is 16.1 Å². The number of fused-ring (bicyclic) bond motifs is 1. The normalized spacial score (nSPS) is 15.6. The van der Waals surface area contributed by atoms with E-state index in [2.05, 4.69) is 10.6 Å². The maximum atomic E-state index is 12.3. The summed E-state index contributed by atoms with van der Waals surface area (Å²) in [7, 11) is 0. The minimum Gasteiger partial charge on any atom is -0.354 e. The minimum atomic E-state index is -0.745. The molecule has 1 aliphatic carbocycles. The summed E-state index contributed by atoms with van der Waals surface area (Å²) < 4.78 is 0. The van der Waals surface area contributed by atoms with E-state index in [1.54, 1.807) is 0 Å². The maximum absolute atomic E-state index is 12.3. The molecule has 0 spiro atoms. The molecular formula is C16H16N4O6. The van der Waals surface area contributed by atoms with Crippen LogP contribution in [0.1, 0.15) is 33.6 Å². The second-order valence-electron chi connectivity index (χ2n) is 6.10. The highest BCUT2D eigenvalue weighted by Crippen LogP contribution is 2.28. The molecule has 0 atom stereocenters. The quantitative estimate of drug-likeness (QED) is 0.300. The molecule has 4 amide bonds. The Bertz CT molecular complexity index is 817. The van der Waals surface area contributed by atoms with Crippen LogP contribution in [-0.2, 0) is 9.59 Å². The number of rotatable bonds is 7. The lowest BCUT2D eigenvalue weighted by Gasteiger charge is -2.13. The molecular weight excluding hydrogens is 344 g/mol. The largest absolute Gasteiger partial charge is 0.354 e. The summed E-state index contributed by atoms with van der Waals surface area (Å²) in [5.74, 6) is -1.94. The monoisotopic (exact) mass is 360 g/mol. The predicted molar refractivity (Wildman–Crippen MR) is 87.2 cm³/mol. The van der Waals surface area contributed by atoms with Crippen LogP contribution in [0.25, 0.3) is 0 Å². The third kappa shape index (κ3) is 3.53. The second kappa shape index (κ2) is 6.90. The van der Waals surface area contributed by atoms with Gasteiger partial charge in [-0.05, 0) is 18.9 Å². The van der Waals surface area contributed by atoms with Gasteiger partial charge in [-0.1, -0.05) is 0 Å². The van der Waals surface area contributed by atoms with Gasteiger partial charge in [0.1, 0.15) is 6.54 Å². The molecule has 2 aliphatic rings. The van der Waals surface area contributed by atoms with Crippen molar-refractivity contribution in [1.29, 1.82) is 0 Å². The van der Waals surface area contributed by atoms with E-state index in [9.17, 15) is 29.3 Å². The van der Waals surface area contributed by atoms with Crippen molar-refractivity contribution in [3.8, 4) is 0 Å². The zero-order valence-electron chi connectivity index (χ0n) is 13.7. The molecule has 10 heteroatoms. The van der Waals surface area contributed by atoms with Crippen LogP contribution in [0.3, 0.4) is 0 Å². The molecule has 0 bridgehead atoms. The van der Waals surface area contributed by atoms with Crippen molar-refractivity contribution in [2.24, 2.45) is 5.92 Å². The first-order valence-corrected chi connectivity index (χ1v) is 8.07. The number of hydrogen-bond acceptors (Lipinski definition) is 6. The van der Waals surface area contributed by atoms with Crippen molar-refractivity contribution < 1.29 is 24.1 Å². The summed E-state index contributed by atoms with van der Waals surface area (Å²) in [4.78, 5) is 58.7. The van der Waals surface area contributed by atoms with Gasteiger partial charge in [-0.15, -0.1) is 0 Å². The Hall–Kier alpha value is -3.30. The van der Waals surface area contributed by atoms with Crippen LogP contribution in [0.4, 0.5) is 5.69 Å². The van der Waals surface area contributed by atoms with E-state index in [4.69, 9.17) is 0 Å². The molecule has 0 unspecified atom stereocenters. The van der Waals surface area contributed by atoms with Gasteiger partial charge < -0.3 is 10.6 Å². The van der Waals surface area contributed by atoms with Crippen LogP contribution in [0.2, 0.25) is 0 Å². The molecule has 1 aromatic carbocycles. The van der Waals surface area contributed by atoms with Gasteiger partial charge >= 0.3 is 0 Å². The van der Waals surface area contributed by atoms with Crippen LogP contribution in [0.5, 0.6) is 0 Å². The Labute approximate surface area is 147 Å². The van der Waals surface area contributed by atoms with Crippen molar-refractivity contribution in [2.75, 3.05) is 19.6 Å². The van der Waals surface area contributed by atoms with E-state index < -0.39 is 29.2 Å². The summed E-state index contributed by atoms with van der Waals surface area (Å²) in [5.41, 5.74) is -0.360. The number of hydrogen-bond donors (Lipinski definition) is 2. The van der Waals surface area contributed by atoms with Crippen molar-refractivity contribution in [3.05, 3.63) is 39.4 Å². The summed E-state index contributed by atoms with van der Waals surface area (Å²) in [6.45, 7) is -0.0575. The van der Waals surface area contributed by atoms with Crippen molar-refractivity contribution >= 4 is 29.3 Å². The first-order chi connectivity index (χ1) is 12.4. The first kappa shape index (κ1) is 17.5. The molecule has 1 aromatic rings. The number of non-ortho nitro benzene ring substituents is 1. The molecule has 3 rings (SSSR count). The van der Waals surface area contributed by atoms with Crippen LogP contribution in [0, 0.1) is 16.0 Å². The highest BCUT2D eigenvalue weighted by molar-refractivity contribution is 6.22. The Kier molecular flexibility index (Phi) is 4.65. The second-order valence-corrected chi connectivity index (χ2v) is 6.10. The molecule has 0 aromatic heterocycles. The highest BCUT2D eigenvalue weighted by atomic mass is 16.6. The van der Waals surface area contributed by atoms with Crippen LogP contribution >= 0.6 is 0 Å². The first-order valence-electron chi connectivity index (χ1n) is 8.07. The molecule has 0 saturated heterocycles. The zero-order valence-corrected chi connectivity index (χ0v) is 13.7. The van der Waals surface area contributed by atoms with E-state index in [1.165, 1.54) is 6.07 Å². The molecule has 1 aliphatic heterocycles. The minimum absolute atomic E-state index is 0.0325. The summed E-state index contributed by atoms with van der Waals surface area (Å²) >= 11 is 0. The van der Waals surface area contributed by atoms with Crippen molar-refractivity contribution in [2.45, 2.75) is 12.8 Å². The number of carbonyl (C=O) groups is 4. The number of nitrogens with one attached hydrogen (secondary N) is 2. The van der Waals surface area contributed by atoms with E-state index in [0.717, 1.165) is 29.9 Å². The van der Waals surface area contributed by atoms with Gasteiger partial charge in [0.2, 0.25) is 11.8 Å². The van der Waals surface area contributed by atoms with E-state index in [1.807, 2.05) is 0 Å². The van der Waals surface area contributed by atoms with E-state index >= 15 is 0 Å². The molecule has 136 valence electrons. The lowest BCUT2D eigenvalue weighted by Crippen LogP contribution is -2.42. The van der Waals surface area contributed by atoms with Gasteiger partial charge in [0.15, 0.2) is 0 Å². The molecule has 0 radical (unpaired) electrons. The molecule has 26 heavy (non-hydrogen) atoms. The topological polar surface area (TPSA) is 139 Å². The van der Waals surface area contributed by atoms with Gasteiger partial charge in [0.25, 0.3) is 17.5 Å². The van der Waals surface area contributed by atoms with Crippen LogP contribution in [-0.4, -0.2) is 53.1 Å². The zero-order chi connectivity index (χ0) is 18.8.